The molecule has 0 saturated carbocycles. The maximum atomic E-state index is 12.6. The predicted molar refractivity (Wildman–Crippen MR) is 108 cm³/mol. The quantitative estimate of drug-likeness (QED) is 0.541. The molecule has 0 aromatic heterocycles. The Bertz CT molecular complexity index is 906. The normalized spacial score (nSPS) is 12.4. The van der Waals surface area contributed by atoms with Gasteiger partial charge in [-0.15, -0.1) is 0 Å². The summed E-state index contributed by atoms with van der Waals surface area (Å²) in [6.07, 6.45) is -5.57. The Hall–Kier alpha value is -3.32. The predicted octanol–water partition coefficient (Wildman–Crippen LogP) is 4.83. The third-order valence-corrected chi connectivity index (χ3v) is 4.62. The van der Waals surface area contributed by atoms with Gasteiger partial charge in [0.25, 0.3) is 0 Å². The molecule has 7 heteroatoms. The van der Waals surface area contributed by atoms with Crippen LogP contribution in [-0.2, 0) is 6.18 Å². The van der Waals surface area contributed by atoms with Gasteiger partial charge in [0.15, 0.2) is 0 Å². The number of amides is 2. The Morgan fingerprint density at radius 1 is 0.800 bits per heavy atom. The van der Waals surface area contributed by atoms with E-state index in [1.54, 1.807) is 0 Å². The molecular weight excluding hydrogens is 393 g/mol. The topological polar surface area (TPSA) is 61.4 Å². The molecule has 0 bridgehead atoms. The van der Waals surface area contributed by atoms with E-state index in [-0.39, 0.29) is 12.1 Å². The van der Waals surface area contributed by atoms with E-state index in [1.165, 1.54) is 12.1 Å². The molecular formula is C23H21F3N2O2. The second-order valence-electron chi connectivity index (χ2n) is 6.74. The number of carbonyl (C=O) groups excluding carboxylic acids is 1. The van der Waals surface area contributed by atoms with Crippen LogP contribution in [0.4, 0.5) is 18.0 Å². The number of aliphatic hydroxyl groups excluding tert-OH is 1. The lowest BCUT2D eigenvalue weighted by molar-refractivity contribution is -0.137. The second kappa shape index (κ2) is 9.45. The highest BCUT2D eigenvalue weighted by Gasteiger charge is 2.30. The monoisotopic (exact) mass is 414 g/mol. The van der Waals surface area contributed by atoms with Crippen molar-refractivity contribution < 1.29 is 23.1 Å². The lowest BCUT2D eigenvalue weighted by Gasteiger charge is -2.21. The van der Waals surface area contributed by atoms with Crippen LogP contribution >= 0.6 is 0 Å². The first kappa shape index (κ1) is 21.4. The van der Waals surface area contributed by atoms with E-state index < -0.39 is 29.9 Å². The summed E-state index contributed by atoms with van der Waals surface area (Å²) in [5.74, 6) is 0. The molecule has 3 rings (SSSR count). The van der Waals surface area contributed by atoms with E-state index in [0.717, 1.165) is 23.3 Å². The molecule has 3 aromatic rings. The zero-order valence-electron chi connectivity index (χ0n) is 15.9. The molecule has 4 nitrogen and oxygen atoms in total. The van der Waals surface area contributed by atoms with E-state index in [1.807, 2.05) is 60.7 Å². The van der Waals surface area contributed by atoms with Gasteiger partial charge >= 0.3 is 12.2 Å². The van der Waals surface area contributed by atoms with Gasteiger partial charge in [0, 0.05) is 6.54 Å². The number of urea groups is 1. The summed E-state index contributed by atoms with van der Waals surface area (Å²) in [5.41, 5.74) is 1.27. The molecule has 30 heavy (non-hydrogen) atoms. The van der Waals surface area contributed by atoms with Crippen molar-refractivity contribution >= 4 is 6.03 Å². The van der Waals surface area contributed by atoms with Crippen LogP contribution in [0.2, 0.25) is 0 Å². The Labute approximate surface area is 172 Å². The molecule has 0 aliphatic rings. The average Bonchev–Trinajstić information content (AvgIpc) is 2.76. The third-order valence-electron chi connectivity index (χ3n) is 4.62. The smallest absolute Gasteiger partial charge is 0.387 e. The van der Waals surface area contributed by atoms with Gasteiger partial charge in [0.2, 0.25) is 0 Å². The molecule has 0 heterocycles. The first-order valence-corrected chi connectivity index (χ1v) is 9.34. The fraction of sp³-hybridized carbons (Fsp3) is 0.174. The van der Waals surface area contributed by atoms with Crippen LogP contribution in [0.3, 0.4) is 0 Å². The highest BCUT2D eigenvalue weighted by Crippen LogP contribution is 2.30. The molecule has 156 valence electrons. The largest absolute Gasteiger partial charge is 0.416 e. The van der Waals surface area contributed by atoms with Gasteiger partial charge in [-0.25, -0.2) is 4.79 Å². The van der Waals surface area contributed by atoms with Crippen molar-refractivity contribution in [3.63, 3.8) is 0 Å². The van der Waals surface area contributed by atoms with Crippen molar-refractivity contribution in [2.24, 2.45) is 0 Å². The zero-order valence-corrected chi connectivity index (χ0v) is 15.9. The number of aliphatic hydroxyl groups is 1. The van der Waals surface area contributed by atoms with Gasteiger partial charge < -0.3 is 15.7 Å². The fourth-order valence-corrected chi connectivity index (χ4v) is 3.03. The van der Waals surface area contributed by atoms with Gasteiger partial charge in [-0.05, 0) is 28.8 Å². The number of halogens is 3. The summed E-state index contributed by atoms with van der Waals surface area (Å²) < 4.78 is 37.9. The third kappa shape index (κ3) is 5.61. The standard InChI is InChI=1S/C23H21F3N2O2/c24-23(25,26)19-13-11-16(12-14-19)20(29)15-27-22(30)28-21(17-7-3-1-4-8-17)18-9-5-2-6-10-18/h1-14,20-21,29H,15H2,(H2,27,28,30). The van der Waals surface area contributed by atoms with Crippen LogP contribution in [-0.4, -0.2) is 17.7 Å². The first-order valence-electron chi connectivity index (χ1n) is 9.34. The Morgan fingerprint density at radius 3 is 1.77 bits per heavy atom. The number of benzene rings is 3. The molecule has 2 amide bonds. The molecule has 3 N–H and O–H groups in total. The van der Waals surface area contributed by atoms with Gasteiger partial charge in [-0.2, -0.15) is 13.2 Å². The summed E-state index contributed by atoms with van der Waals surface area (Å²) in [5, 5.41) is 15.7. The zero-order chi connectivity index (χ0) is 21.6. The molecule has 0 aliphatic carbocycles. The van der Waals surface area contributed by atoms with Crippen LogP contribution in [0, 0.1) is 0 Å². The number of nitrogens with one attached hydrogen (secondary N) is 2. The average molecular weight is 414 g/mol. The molecule has 0 spiro atoms. The number of rotatable bonds is 6. The highest BCUT2D eigenvalue weighted by molar-refractivity contribution is 5.75. The number of hydrogen-bond donors (Lipinski definition) is 3. The van der Waals surface area contributed by atoms with Crippen LogP contribution in [0.5, 0.6) is 0 Å². The molecule has 1 atom stereocenters. The maximum absolute atomic E-state index is 12.6. The SMILES string of the molecule is O=C(NCC(O)c1ccc(C(F)(F)F)cc1)NC(c1ccccc1)c1ccccc1. The maximum Gasteiger partial charge on any atom is 0.416 e. The minimum atomic E-state index is -4.44. The molecule has 3 aromatic carbocycles. The summed E-state index contributed by atoms with van der Waals surface area (Å²) >= 11 is 0. The van der Waals surface area contributed by atoms with E-state index in [2.05, 4.69) is 10.6 Å². The highest BCUT2D eigenvalue weighted by atomic mass is 19.4. The molecule has 0 fully saturated rings. The molecule has 0 radical (unpaired) electrons. The second-order valence-corrected chi connectivity index (χ2v) is 6.74. The van der Waals surface area contributed by atoms with E-state index >= 15 is 0 Å². The van der Waals surface area contributed by atoms with Crippen LogP contribution in [0.1, 0.15) is 34.4 Å². The summed E-state index contributed by atoms with van der Waals surface area (Å²) in [4.78, 5) is 12.4. The molecule has 0 aliphatic heterocycles. The van der Waals surface area contributed by atoms with Gasteiger partial charge in [-0.1, -0.05) is 72.8 Å². The van der Waals surface area contributed by atoms with Crippen molar-refractivity contribution in [2.75, 3.05) is 6.54 Å². The summed E-state index contributed by atoms with van der Waals surface area (Å²) in [6, 6.07) is 22.2. The number of alkyl halides is 3. The van der Waals surface area contributed by atoms with Crippen molar-refractivity contribution in [2.45, 2.75) is 18.3 Å². The number of carbonyl (C=O) groups is 1. The van der Waals surface area contributed by atoms with Crippen LogP contribution in [0.15, 0.2) is 84.9 Å². The number of hydrogen-bond acceptors (Lipinski definition) is 2. The van der Waals surface area contributed by atoms with Crippen molar-refractivity contribution in [3.8, 4) is 0 Å². The van der Waals surface area contributed by atoms with Gasteiger partial charge in [0.05, 0.1) is 17.7 Å². The summed E-state index contributed by atoms with van der Waals surface area (Å²) in [7, 11) is 0. The minimum Gasteiger partial charge on any atom is -0.387 e. The lowest BCUT2D eigenvalue weighted by Crippen LogP contribution is -2.40. The summed E-state index contributed by atoms with van der Waals surface area (Å²) in [6.45, 7) is -0.145. The fourth-order valence-electron chi connectivity index (χ4n) is 3.03. The van der Waals surface area contributed by atoms with Crippen molar-refractivity contribution in [3.05, 3.63) is 107 Å². The van der Waals surface area contributed by atoms with Crippen molar-refractivity contribution in [1.29, 1.82) is 0 Å². The van der Waals surface area contributed by atoms with E-state index in [9.17, 15) is 23.1 Å². The Balaban J connectivity index is 1.63. The first-order chi connectivity index (χ1) is 14.3. The molecule has 0 saturated heterocycles. The lowest BCUT2D eigenvalue weighted by atomic mass is 9.99. The van der Waals surface area contributed by atoms with Crippen LogP contribution in [0.25, 0.3) is 0 Å². The van der Waals surface area contributed by atoms with E-state index in [0.29, 0.717) is 0 Å². The Morgan fingerprint density at radius 2 is 1.30 bits per heavy atom. The molecule has 1 unspecified atom stereocenters. The minimum absolute atomic E-state index is 0.145. The van der Waals surface area contributed by atoms with E-state index in [4.69, 9.17) is 0 Å². The van der Waals surface area contributed by atoms with Gasteiger partial charge in [-0.3, -0.25) is 0 Å². The van der Waals surface area contributed by atoms with Gasteiger partial charge in [0.1, 0.15) is 0 Å². The van der Waals surface area contributed by atoms with Crippen LogP contribution < -0.4 is 10.6 Å². The Kier molecular flexibility index (Phi) is 6.74. The van der Waals surface area contributed by atoms with Crippen molar-refractivity contribution in [1.82, 2.24) is 10.6 Å².